The summed E-state index contributed by atoms with van der Waals surface area (Å²) in [7, 11) is -0.747. The largest absolute Gasteiger partial charge is 0.474 e. The summed E-state index contributed by atoms with van der Waals surface area (Å²) in [6, 6.07) is 2.97. The second-order valence-electron chi connectivity index (χ2n) is 6.36. The molecule has 22 heavy (non-hydrogen) atoms. The van der Waals surface area contributed by atoms with Crippen LogP contribution in [0.2, 0.25) is 0 Å². The molecule has 1 atom stereocenters. The Balaban J connectivity index is 2.76. The molecule has 0 radical (unpaired) electrons. The predicted octanol–water partition coefficient (Wildman–Crippen LogP) is -0.566. The van der Waals surface area contributed by atoms with Gasteiger partial charge in [-0.25, -0.2) is 17.7 Å². The number of aromatic nitrogens is 1. The number of nitrogens with two attached hydrogens (primary N) is 1. The topological polar surface area (TPSA) is 96.3 Å². The van der Waals surface area contributed by atoms with Gasteiger partial charge < -0.3 is 15.2 Å². The van der Waals surface area contributed by atoms with Crippen LogP contribution in [0.15, 0.2) is 23.2 Å². The number of rotatable bonds is 7. The second kappa shape index (κ2) is 7.36. The first-order chi connectivity index (χ1) is 10.0. The SMILES string of the molecule is CN(C)S(=O)(=O)c1cccnc1OC[C@H](O)C[NH2+]C(C)(C)C. The summed E-state index contributed by atoms with van der Waals surface area (Å²) in [4.78, 5) is 3.95. The van der Waals surface area contributed by atoms with Crippen LogP contribution in [0.1, 0.15) is 20.8 Å². The minimum atomic E-state index is -3.63. The van der Waals surface area contributed by atoms with Crippen molar-refractivity contribution < 1.29 is 23.6 Å². The quantitative estimate of drug-likeness (QED) is 0.697. The normalized spacial score (nSPS) is 14.1. The van der Waals surface area contributed by atoms with Crippen molar-refractivity contribution in [2.75, 3.05) is 27.2 Å². The van der Waals surface area contributed by atoms with Gasteiger partial charge >= 0.3 is 0 Å². The zero-order valence-electron chi connectivity index (χ0n) is 13.8. The Morgan fingerprint density at radius 1 is 1.41 bits per heavy atom. The molecular formula is C14H26N3O4S+. The lowest BCUT2D eigenvalue weighted by Crippen LogP contribution is -2.96. The third kappa shape index (κ3) is 5.53. The van der Waals surface area contributed by atoms with E-state index in [4.69, 9.17) is 4.74 Å². The Morgan fingerprint density at radius 3 is 2.59 bits per heavy atom. The number of nitrogens with zero attached hydrogens (tertiary/aromatic N) is 2. The molecule has 0 spiro atoms. The molecule has 0 bridgehead atoms. The molecule has 1 rings (SSSR count). The van der Waals surface area contributed by atoms with Gasteiger partial charge in [-0.3, -0.25) is 0 Å². The van der Waals surface area contributed by atoms with Crippen molar-refractivity contribution in [3.63, 3.8) is 0 Å². The van der Waals surface area contributed by atoms with E-state index < -0.39 is 16.1 Å². The zero-order chi connectivity index (χ0) is 17.0. The van der Waals surface area contributed by atoms with E-state index in [1.807, 2.05) is 26.1 Å². The van der Waals surface area contributed by atoms with Crippen LogP contribution in [0.25, 0.3) is 0 Å². The second-order valence-corrected chi connectivity index (χ2v) is 8.49. The molecule has 1 heterocycles. The maximum absolute atomic E-state index is 12.2. The number of aliphatic hydroxyl groups is 1. The van der Waals surface area contributed by atoms with Crippen molar-refractivity contribution in [3.8, 4) is 5.88 Å². The van der Waals surface area contributed by atoms with Crippen molar-refractivity contribution in [1.82, 2.24) is 9.29 Å². The van der Waals surface area contributed by atoms with Crippen molar-refractivity contribution in [2.24, 2.45) is 0 Å². The molecular weight excluding hydrogens is 306 g/mol. The fourth-order valence-electron chi connectivity index (χ4n) is 1.61. The highest BCUT2D eigenvalue weighted by atomic mass is 32.2. The van der Waals surface area contributed by atoms with Gasteiger partial charge in [0.2, 0.25) is 15.9 Å². The Kier molecular flexibility index (Phi) is 6.30. The highest BCUT2D eigenvalue weighted by Gasteiger charge is 2.24. The molecule has 1 aromatic heterocycles. The highest BCUT2D eigenvalue weighted by Crippen LogP contribution is 2.22. The van der Waals surface area contributed by atoms with E-state index >= 15 is 0 Å². The van der Waals surface area contributed by atoms with Gasteiger partial charge in [-0.15, -0.1) is 0 Å². The van der Waals surface area contributed by atoms with Crippen LogP contribution < -0.4 is 10.1 Å². The van der Waals surface area contributed by atoms with Crippen LogP contribution >= 0.6 is 0 Å². The Morgan fingerprint density at radius 2 is 2.05 bits per heavy atom. The lowest BCUT2D eigenvalue weighted by molar-refractivity contribution is -0.722. The van der Waals surface area contributed by atoms with E-state index in [2.05, 4.69) is 4.98 Å². The number of ether oxygens (including phenoxy) is 1. The number of hydrogen-bond donors (Lipinski definition) is 2. The Labute approximate surface area is 132 Å². The molecule has 0 unspecified atom stereocenters. The highest BCUT2D eigenvalue weighted by molar-refractivity contribution is 7.89. The first-order valence-electron chi connectivity index (χ1n) is 7.07. The average Bonchev–Trinajstić information content (AvgIpc) is 2.42. The van der Waals surface area contributed by atoms with Gasteiger partial charge in [0.15, 0.2) is 0 Å². The third-order valence-electron chi connectivity index (χ3n) is 2.91. The summed E-state index contributed by atoms with van der Waals surface area (Å²) in [5, 5.41) is 11.9. The fraction of sp³-hybridized carbons (Fsp3) is 0.643. The Hall–Kier alpha value is -1.22. The summed E-state index contributed by atoms with van der Waals surface area (Å²) in [6.45, 7) is 6.58. The summed E-state index contributed by atoms with van der Waals surface area (Å²) in [5.74, 6) is 0.00556. The molecule has 8 heteroatoms. The molecule has 0 aliphatic rings. The van der Waals surface area contributed by atoms with Crippen molar-refractivity contribution >= 4 is 10.0 Å². The molecule has 1 aromatic rings. The van der Waals surface area contributed by atoms with Gasteiger partial charge in [-0.1, -0.05) is 0 Å². The van der Waals surface area contributed by atoms with Crippen LogP contribution in [0, 0.1) is 0 Å². The number of quaternary nitrogens is 1. The van der Waals surface area contributed by atoms with E-state index in [9.17, 15) is 13.5 Å². The van der Waals surface area contributed by atoms with Crippen LogP contribution in [0.4, 0.5) is 0 Å². The minimum Gasteiger partial charge on any atom is -0.474 e. The lowest BCUT2D eigenvalue weighted by Gasteiger charge is -2.20. The molecule has 0 amide bonds. The summed E-state index contributed by atoms with van der Waals surface area (Å²) >= 11 is 0. The summed E-state index contributed by atoms with van der Waals surface area (Å²) < 4.78 is 30.9. The third-order valence-corrected chi connectivity index (χ3v) is 4.74. The molecule has 126 valence electrons. The van der Waals surface area contributed by atoms with Crippen molar-refractivity contribution in [2.45, 2.75) is 37.3 Å². The van der Waals surface area contributed by atoms with Gasteiger partial charge in [0.25, 0.3) is 0 Å². The van der Waals surface area contributed by atoms with Crippen LogP contribution in [0.5, 0.6) is 5.88 Å². The lowest BCUT2D eigenvalue weighted by atomic mass is 10.1. The molecule has 0 saturated carbocycles. The van der Waals surface area contributed by atoms with Crippen molar-refractivity contribution in [3.05, 3.63) is 18.3 Å². The van der Waals surface area contributed by atoms with E-state index in [0.29, 0.717) is 6.54 Å². The maximum Gasteiger partial charge on any atom is 0.247 e. The van der Waals surface area contributed by atoms with E-state index in [-0.39, 0.29) is 22.9 Å². The summed E-state index contributed by atoms with van der Waals surface area (Å²) in [5.41, 5.74) is 0.00536. The minimum absolute atomic E-state index is 0.00536. The molecule has 0 aromatic carbocycles. The molecule has 0 fully saturated rings. The molecule has 0 saturated heterocycles. The number of aliphatic hydroxyl groups excluding tert-OH is 1. The number of sulfonamides is 1. The first-order valence-corrected chi connectivity index (χ1v) is 8.51. The van der Waals surface area contributed by atoms with Crippen LogP contribution in [0.3, 0.4) is 0 Å². The van der Waals surface area contributed by atoms with Gasteiger partial charge in [0, 0.05) is 20.3 Å². The zero-order valence-corrected chi connectivity index (χ0v) is 14.6. The van der Waals surface area contributed by atoms with Crippen molar-refractivity contribution in [1.29, 1.82) is 0 Å². The van der Waals surface area contributed by atoms with E-state index in [1.165, 1.54) is 32.4 Å². The Bertz CT molecular complexity index is 582. The monoisotopic (exact) mass is 332 g/mol. The van der Waals surface area contributed by atoms with Gasteiger partial charge in [0.1, 0.15) is 24.2 Å². The molecule has 7 nitrogen and oxygen atoms in total. The van der Waals surface area contributed by atoms with Gasteiger partial charge in [-0.2, -0.15) is 0 Å². The standard InChI is InChI=1S/C14H25N3O4S/c1-14(2,3)16-9-11(18)10-21-13-12(7-6-8-15-13)22(19,20)17(4)5/h6-8,11,16,18H,9-10H2,1-5H3/p+1/t11-/m1/s1. The number of pyridine rings is 1. The molecule has 3 N–H and O–H groups in total. The smallest absolute Gasteiger partial charge is 0.247 e. The van der Waals surface area contributed by atoms with Gasteiger partial charge in [-0.05, 0) is 32.9 Å². The summed E-state index contributed by atoms with van der Waals surface area (Å²) in [6.07, 6.45) is 0.744. The predicted molar refractivity (Wildman–Crippen MR) is 83.2 cm³/mol. The van der Waals surface area contributed by atoms with Crippen LogP contribution in [-0.2, 0) is 10.0 Å². The fourth-order valence-corrected chi connectivity index (χ4v) is 2.59. The molecule has 0 aliphatic carbocycles. The van der Waals surface area contributed by atoms with E-state index in [0.717, 1.165) is 4.31 Å². The van der Waals surface area contributed by atoms with E-state index in [1.54, 1.807) is 0 Å². The maximum atomic E-state index is 12.2. The van der Waals surface area contributed by atoms with Crippen LogP contribution in [-0.4, -0.2) is 61.7 Å². The van der Waals surface area contributed by atoms with Gasteiger partial charge in [0.05, 0.1) is 5.54 Å². The number of hydrogen-bond acceptors (Lipinski definition) is 5. The first kappa shape index (κ1) is 18.8. The average molecular weight is 332 g/mol. The molecule has 0 aliphatic heterocycles.